The van der Waals surface area contributed by atoms with Crippen molar-refractivity contribution in [3.8, 4) is 28.4 Å². The summed E-state index contributed by atoms with van der Waals surface area (Å²) in [7, 11) is 1.37. The molecule has 0 saturated heterocycles. The first-order chi connectivity index (χ1) is 18.6. The molecule has 5 aromatic carbocycles. The van der Waals surface area contributed by atoms with Gasteiger partial charge in [-0.2, -0.15) is 0 Å². The second-order valence-corrected chi connectivity index (χ2v) is 9.10. The lowest BCUT2D eigenvalue weighted by molar-refractivity contribution is 0.0603. The Balaban J connectivity index is 1.54. The average molecular weight is 500 g/mol. The molecule has 38 heavy (non-hydrogen) atoms. The number of benzene rings is 5. The van der Waals surface area contributed by atoms with Gasteiger partial charge in [0.15, 0.2) is 0 Å². The molecule has 0 bridgehead atoms. The normalized spacial score (nSPS) is 11.1. The highest BCUT2D eigenvalue weighted by molar-refractivity contribution is 6.19. The Hall–Kier alpha value is -5.03. The van der Waals surface area contributed by atoms with Gasteiger partial charge in [0.2, 0.25) is 0 Å². The SMILES string of the molecule is COC(=O)c1cccc2c1c1c(O)cc(-c3ccccc3)cc1n2Cc1cccc(Oc2ccccc2)c1. The van der Waals surface area contributed by atoms with E-state index in [1.807, 2.05) is 97.1 Å². The van der Waals surface area contributed by atoms with Crippen LogP contribution in [-0.2, 0) is 11.3 Å². The summed E-state index contributed by atoms with van der Waals surface area (Å²) in [6, 6.07) is 36.9. The van der Waals surface area contributed by atoms with E-state index in [0.717, 1.165) is 39.2 Å². The number of methoxy groups -OCH3 is 1. The zero-order chi connectivity index (χ0) is 26.1. The summed E-state index contributed by atoms with van der Waals surface area (Å²) in [4.78, 5) is 12.7. The molecule has 1 heterocycles. The third-order valence-electron chi connectivity index (χ3n) is 6.70. The summed E-state index contributed by atoms with van der Waals surface area (Å²) in [5, 5.41) is 12.6. The fourth-order valence-electron chi connectivity index (χ4n) is 5.00. The summed E-state index contributed by atoms with van der Waals surface area (Å²) in [6.07, 6.45) is 0. The molecule has 0 aliphatic rings. The highest BCUT2D eigenvalue weighted by Gasteiger charge is 2.21. The van der Waals surface area contributed by atoms with Crippen molar-refractivity contribution in [3.05, 3.63) is 126 Å². The Morgan fingerprint density at radius 2 is 1.42 bits per heavy atom. The van der Waals surface area contributed by atoms with Crippen molar-refractivity contribution < 1.29 is 19.4 Å². The van der Waals surface area contributed by atoms with Gasteiger partial charge < -0.3 is 19.1 Å². The number of esters is 1. The maximum Gasteiger partial charge on any atom is 0.338 e. The quantitative estimate of drug-likeness (QED) is 0.238. The second kappa shape index (κ2) is 9.79. The average Bonchev–Trinajstić information content (AvgIpc) is 3.27. The number of carbonyl (C=O) groups excluding carboxylic acids is 1. The molecule has 0 amide bonds. The molecular weight excluding hydrogens is 474 g/mol. The summed E-state index contributed by atoms with van der Waals surface area (Å²) in [5.41, 5.74) is 4.97. The largest absolute Gasteiger partial charge is 0.507 e. The van der Waals surface area contributed by atoms with Gasteiger partial charge in [-0.15, -0.1) is 0 Å². The van der Waals surface area contributed by atoms with Gasteiger partial charge in [-0.3, -0.25) is 0 Å². The van der Waals surface area contributed by atoms with Gasteiger partial charge in [0.25, 0.3) is 0 Å². The van der Waals surface area contributed by atoms with E-state index >= 15 is 0 Å². The molecule has 186 valence electrons. The third kappa shape index (κ3) is 4.24. The van der Waals surface area contributed by atoms with E-state index in [2.05, 4.69) is 10.6 Å². The summed E-state index contributed by atoms with van der Waals surface area (Å²) >= 11 is 0. The van der Waals surface area contributed by atoms with Crippen LogP contribution in [0.25, 0.3) is 32.9 Å². The number of phenolic OH excluding ortho intramolecular Hbond substituents is 1. The Bertz CT molecular complexity index is 1770. The molecule has 0 fully saturated rings. The number of hydrogen-bond donors (Lipinski definition) is 1. The van der Waals surface area contributed by atoms with Gasteiger partial charge in [0, 0.05) is 11.9 Å². The summed E-state index contributed by atoms with van der Waals surface area (Å²) in [6.45, 7) is 0.508. The number of aromatic hydroxyl groups is 1. The molecule has 0 unspecified atom stereocenters. The smallest absolute Gasteiger partial charge is 0.338 e. The number of rotatable bonds is 6. The van der Waals surface area contributed by atoms with Crippen LogP contribution in [0.1, 0.15) is 15.9 Å². The van der Waals surface area contributed by atoms with Crippen LogP contribution < -0.4 is 4.74 Å². The van der Waals surface area contributed by atoms with Crippen molar-refractivity contribution in [2.75, 3.05) is 7.11 Å². The number of fused-ring (bicyclic) bond motifs is 3. The number of nitrogens with zero attached hydrogens (tertiary/aromatic N) is 1. The zero-order valence-electron chi connectivity index (χ0n) is 20.8. The lowest BCUT2D eigenvalue weighted by Gasteiger charge is -2.12. The van der Waals surface area contributed by atoms with E-state index in [1.54, 1.807) is 12.1 Å². The first-order valence-corrected chi connectivity index (χ1v) is 12.4. The molecule has 0 radical (unpaired) electrons. The van der Waals surface area contributed by atoms with Gasteiger partial charge in [0.1, 0.15) is 17.2 Å². The minimum Gasteiger partial charge on any atom is -0.507 e. The zero-order valence-corrected chi connectivity index (χ0v) is 20.8. The van der Waals surface area contributed by atoms with Crippen LogP contribution in [0.15, 0.2) is 115 Å². The standard InChI is InChI=1S/C33H25NO4/c1-37-33(36)27-16-9-17-28-31(27)32-29(19-24(20-30(32)35)23-11-4-2-5-12-23)34(28)21-22-10-8-15-26(18-22)38-25-13-6-3-7-14-25/h2-20,35H,21H2,1H3. The maximum atomic E-state index is 12.7. The predicted molar refractivity (Wildman–Crippen MR) is 150 cm³/mol. The number of ether oxygens (including phenoxy) is 2. The topological polar surface area (TPSA) is 60.7 Å². The van der Waals surface area contributed by atoms with E-state index in [-0.39, 0.29) is 5.75 Å². The molecule has 0 aliphatic carbocycles. The first kappa shape index (κ1) is 23.4. The number of aromatic nitrogens is 1. The molecule has 6 rings (SSSR count). The monoisotopic (exact) mass is 499 g/mol. The highest BCUT2D eigenvalue weighted by Crippen LogP contribution is 2.41. The van der Waals surface area contributed by atoms with E-state index in [0.29, 0.717) is 22.9 Å². The molecular formula is C33H25NO4. The summed E-state index contributed by atoms with van der Waals surface area (Å²) < 4.78 is 13.3. The Morgan fingerprint density at radius 1 is 0.711 bits per heavy atom. The van der Waals surface area contributed by atoms with Crippen molar-refractivity contribution in [1.29, 1.82) is 0 Å². The fraction of sp³-hybridized carbons (Fsp3) is 0.0606. The third-order valence-corrected chi connectivity index (χ3v) is 6.70. The van der Waals surface area contributed by atoms with Crippen LogP contribution in [-0.4, -0.2) is 22.8 Å². The number of carbonyl (C=O) groups is 1. The van der Waals surface area contributed by atoms with Crippen LogP contribution in [0.4, 0.5) is 0 Å². The fourth-order valence-corrected chi connectivity index (χ4v) is 5.00. The molecule has 5 nitrogen and oxygen atoms in total. The van der Waals surface area contributed by atoms with E-state index in [1.165, 1.54) is 7.11 Å². The lowest BCUT2D eigenvalue weighted by Crippen LogP contribution is -2.03. The van der Waals surface area contributed by atoms with Crippen LogP contribution >= 0.6 is 0 Å². The van der Waals surface area contributed by atoms with Crippen molar-refractivity contribution in [1.82, 2.24) is 4.57 Å². The molecule has 0 aliphatic heterocycles. The number of phenols is 1. The van der Waals surface area contributed by atoms with Gasteiger partial charge in [-0.25, -0.2) is 4.79 Å². The molecule has 6 aromatic rings. The molecule has 0 atom stereocenters. The Morgan fingerprint density at radius 3 is 2.18 bits per heavy atom. The highest BCUT2D eigenvalue weighted by atomic mass is 16.5. The number of para-hydroxylation sites is 1. The lowest BCUT2D eigenvalue weighted by atomic mass is 10.0. The van der Waals surface area contributed by atoms with Crippen molar-refractivity contribution in [2.24, 2.45) is 0 Å². The second-order valence-electron chi connectivity index (χ2n) is 9.10. The van der Waals surface area contributed by atoms with Crippen molar-refractivity contribution >= 4 is 27.8 Å². The Labute approximate surface area is 220 Å². The predicted octanol–water partition coefficient (Wildman–Crippen LogP) is 7.79. The van der Waals surface area contributed by atoms with Crippen LogP contribution in [0.3, 0.4) is 0 Å². The molecule has 1 N–H and O–H groups in total. The maximum absolute atomic E-state index is 12.7. The Kier molecular flexibility index (Phi) is 6.02. The molecule has 5 heteroatoms. The molecule has 0 spiro atoms. The van der Waals surface area contributed by atoms with Gasteiger partial charge >= 0.3 is 5.97 Å². The van der Waals surface area contributed by atoms with Crippen LogP contribution in [0.5, 0.6) is 17.2 Å². The van der Waals surface area contributed by atoms with Crippen molar-refractivity contribution in [2.45, 2.75) is 6.54 Å². The van der Waals surface area contributed by atoms with Crippen LogP contribution in [0.2, 0.25) is 0 Å². The first-order valence-electron chi connectivity index (χ1n) is 12.4. The van der Waals surface area contributed by atoms with Crippen molar-refractivity contribution in [3.63, 3.8) is 0 Å². The van der Waals surface area contributed by atoms with Gasteiger partial charge in [-0.05, 0) is 65.2 Å². The van der Waals surface area contributed by atoms with Crippen LogP contribution in [0, 0.1) is 0 Å². The van der Waals surface area contributed by atoms with E-state index in [4.69, 9.17) is 9.47 Å². The minimum absolute atomic E-state index is 0.114. The van der Waals surface area contributed by atoms with E-state index in [9.17, 15) is 9.90 Å². The molecule has 0 saturated carbocycles. The molecule has 1 aromatic heterocycles. The van der Waals surface area contributed by atoms with E-state index < -0.39 is 5.97 Å². The minimum atomic E-state index is -0.445. The van der Waals surface area contributed by atoms with Gasteiger partial charge in [0.05, 0.1) is 29.1 Å². The van der Waals surface area contributed by atoms with Gasteiger partial charge in [-0.1, -0.05) is 66.7 Å². The summed E-state index contributed by atoms with van der Waals surface area (Å²) in [5.74, 6) is 1.17. The number of hydrogen-bond acceptors (Lipinski definition) is 4.